The highest BCUT2D eigenvalue weighted by Gasteiger charge is 2.32. The van der Waals surface area contributed by atoms with Crippen molar-refractivity contribution in [2.24, 2.45) is 0 Å². The van der Waals surface area contributed by atoms with Crippen molar-refractivity contribution in [2.75, 3.05) is 5.32 Å². The van der Waals surface area contributed by atoms with E-state index in [-0.39, 0.29) is 17.7 Å². The highest BCUT2D eigenvalue weighted by Crippen LogP contribution is 2.26. The number of halogens is 3. The third kappa shape index (κ3) is 4.79. The molecule has 0 spiro atoms. The second kappa shape index (κ2) is 6.25. The first-order chi connectivity index (χ1) is 9.94. The van der Waals surface area contributed by atoms with Gasteiger partial charge in [-0.15, -0.1) is 13.2 Å². The van der Waals surface area contributed by atoms with E-state index in [4.69, 9.17) is 0 Å². The number of hydrogen-bond acceptors (Lipinski definition) is 3. The summed E-state index contributed by atoms with van der Waals surface area (Å²) in [7, 11) is 0. The maximum Gasteiger partial charge on any atom is 0.573 e. The van der Waals surface area contributed by atoms with E-state index >= 15 is 0 Å². The minimum Gasteiger partial charge on any atom is -0.405 e. The average molecular weight is 296 g/mol. The SMILES string of the molecule is O=C(Cc1ccccc1OC(F)(F)F)Nc1ccncc1. The largest absolute Gasteiger partial charge is 0.573 e. The number of nitrogens with zero attached hydrogens (tertiary/aromatic N) is 1. The Balaban J connectivity index is 2.07. The number of pyridine rings is 1. The van der Waals surface area contributed by atoms with E-state index in [1.54, 1.807) is 12.1 Å². The number of carbonyl (C=O) groups excluding carboxylic acids is 1. The van der Waals surface area contributed by atoms with Crippen LogP contribution >= 0.6 is 0 Å². The lowest BCUT2D eigenvalue weighted by Gasteiger charge is -2.13. The molecule has 0 bridgehead atoms. The number of amides is 1. The third-order valence-corrected chi connectivity index (χ3v) is 2.51. The molecule has 2 rings (SSSR count). The zero-order valence-corrected chi connectivity index (χ0v) is 10.7. The maximum absolute atomic E-state index is 12.3. The number of benzene rings is 1. The normalized spacial score (nSPS) is 11.0. The van der Waals surface area contributed by atoms with Crippen LogP contribution in [0.3, 0.4) is 0 Å². The number of para-hydroxylation sites is 1. The van der Waals surface area contributed by atoms with Gasteiger partial charge in [0.25, 0.3) is 0 Å². The number of anilines is 1. The summed E-state index contributed by atoms with van der Waals surface area (Å²) in [6.07, 6.45) is -2.03. The molecule has 110 valence electrons. The molecule has 1 aromatic heterocycles. The van der Waals surface area contributed by atoms with Crippen molar-refractivity contribution in [1.82, 2.24) is 4.98 Å². The van der Waals surface area contributed by atoms with Crippen LogP contribution in [-0.2, 0) is 11.2 Å². The number of hydrogen-bond donors (Lipinski definition) is 1. The monoisotopic (exact) mass is 296 g/mol. The van der Waals surface area contributed by atoms with Crippen LogP contribution in [0.25, 0.3) is 0 Å². The van der Waals surface area contributed by atoms with Gasteiger partial charge in [0.15, 0.2) is 0 Å². The van der Waals surface area contributed by atoms with Crippen molar-refractivity contribution >= 4 is 11.6 Å². The predicted octanol–water partition coefficient (Wildman–Crippen LogP) is 3.16. The molecule has 7 heteroatoms. The Labute approximate surface area is 118 Å². The zero-order chi connectivity index (χ0) is 15.3. The Morgan fingerprint density at radius 2 is 1.81 bits per heavy atom. The van der Waals surface area contributed by atoms with Gasteiger partial charge in [0.2, 0.25) is 5.91 Å². The molecule has 21 heavy (non-hydrogen) atoms. The first-order valence-electron chi connectivity index (χ1n) is 5.97. The summed E-state index contributed by atoms with van der Waals surface area (Å²) in [6.45, 7) is 0. The zero-order valence-electron chi connectivity index (χ0n) is 10.7. The molecule has 2 aromatic rings. The number of alkyl halides is 3. The fraction of sp³-hybridized carbons (Fsp3) is 0.143. The van der Waals surface area contributed by atoms with Crippen LogP contribution in [0.1, 0.15) is 5.56 Å². The average Bonchev–Trinajstić information content (AvgIpc) is 2.40. The molecule has 1 heterocycles. The predicted molar refractivity (Wildman–Crippen MR) is 69.7 cm³/mol. The first-order valence-corrected chi connectivity index (χ1v) is 5.97. The van der Waals surface area contributed by atoms with Crippen molar-refractivity contribution in [3.8, 4) is 5.75 Å². The fourth-order valence-electron chi connectivity index (χ4n) is 1.69. The highest BCUT2D eigenvalue weighted by molar-refractivity contribution is 5.92. The summed E-state index contributed by atoms with van der Waals surface area (Å²) >= 11 is 0. The third-order valence-electron chi connectivity index (χ3n) is 2.51. The lowest BCUT2D eigenvalue weighted by atomic mass is 10.1. The summed E-state index contributed by atoms with van der Waals surface area (Å²) < 4.78 is 40.7. The molecule has 0 unspecified atom stereocenters. The van der Waals surface area contributed by atoms with Crippen LogP contribution in [0.2, 0.25) is 0 Å². The van der Waals surface area contributed by atoms with E-state index in [1.165, 1.54) is 36.7 Å². The van der Waals surface area contributed by atoms with Crippen molar-refractivity contribution in [2.45, 2.75) is 12.8 Å². The fourth-order valence-corrected chi connectivity index (χ4v) is 1.69. The molecule has 0 aliphatic rings. The van der Waals surface area contributed by atoms with E-state index in [2.05, 4.69) is 15.0 Å². The van der Waals surface area contributed by atoms with E-state index in [9.17, 15) is 18.0 Å². The van der Waals surface area contributed by atoms with E-state index < -0.39 is 12.3 Å². The molecule has 0 saturated heterocycles. The minimum atomic E-state index is -4.79. The van der Waals surface area contributed by atoms with Gasteiger partial charge in [0, 0.05) is 23.6 Å². The summed E-state index contributed by atoms with van der Waals surface area (Å²) in [5, 5.41) is 2.56. The van der Waals surface area contributed by atoms with Crippen LogP contribution < -0.4 is 10.1 Å². The van der Waals surface area contributed by atoms with Gasteiger partial charge in [-0.3, -0.25) is 9.78 Å². The van der Waals surface area contributed by atoms with E-state index in [1.807, 2.05) is 0 Å². The molecule has 0 fully saturated rings. The molecule has 0 atom stereocenters. The Morgan fingerprint density at radius 1 is 1.14 bits per heavy atom. The lowest BCUT2D eigenvalue weighted by molar-refractivity contribution is -0.274. The topological polar surface area (TPSA) is 51.2 Å². The number of nitrogens with one attached hydrogen (secondary N) is 1. The van der Waals surface area contributed by atoms with Gasteiger partial charge in [-0.2, -0.15) is 0 Å². The Hall–Kier alpha value is -2.57. The lowest BCUT2D eigenvalue weighted by Crippen LogP contribution is -2.20. The Morgan fingerprint density at radius 3 is 2.48 bits per heavy atom. The molecule has 0 aliphatic carbocycles. The summed E-state index contributed by atoms with van der Waals surface area (Å²) in [5.74, 6) is -0.825. The van der Waals surface area contributed by atoms with E-state index in [0.29, 0.717) is 5.69 Å². The van der Waals surface area contributed by atoms with E-state index in [0.717, 1.165) is 0 Å². The smallest absolute Gasteiger partial charge is 0.405 e. The number of rotatable bonds is 4. The van der Waals surface area contributed by atoms with Gasteiger partial charge < -0.3 is 10.1 Å². The molecule has 1 N–H and O–H groups in total. The summed E-state index contributed by atoms with van der Waals surface area (Å²) in [4.78, 5) is 15.6. The molecular formula is C14H11F3N2O2. The molecule has 0 aliphatic heterocycles. The van der Waals surface area contributed by atoms with Gasteiger partial charge in [0.05, 0.1) is 6.42 Å². The van der Waals surface area contributed by atoms with Gasteiger partial charge in [-0.25, -0.2) is 0 Å². The summed E-state index contributed by atoms with van der Waals surface area (Å²) in [6, 6.07) is 8.69. The molecule has 4 nitrogen and oxygen atoms in total. The molecular weight excluding hydrogens is 285 g/mol. The van der Waals surface area contributed by atoms with Crippen LogP contribution in [0, 0.1) is 0 Å². The Bertz CT molecular complexity index is 615. The van der Waals surface area contributed by atoms with Crippen molar-refractivity contribution in [3.05, 3.63) is 54.4 Å². The standard InChI is InChI=1S/C14H11F3N2O2/c15-14(16,17)21-12-4-2-1-3-10(12)9-13(20)19-11-5-7-18-8-6-11/h1-8H,9H2,(H,18,19,20). The van der Waals surface area contributed by atoms with Gasteiger partial charge in [0.1, 0.15) is 5.75 Å². The van der Waals surface area contributed by atoms with Gasteiger partial charge >= 0.3 is 6.36 Å². The van der Waals surface area contributed by atoms with Crippen LogP contribution in [0.4, 0.5) is 18.9 Å². The summed E-state index contributed by atoms with van der Waals surface area (Å²) in [5.41, 5.74) is 0.672. The minimum absolute atomic E-state index is 0.154. The number of carbonyl (C=O) groups is 1. The molecule has 0 radical (unpaired) electrons. The first kappa shape index (κ1) is 14.8. The highest BCUT2D eigenvalue weighted by atomic mass is 19.4. The quantitative estimate of drug-likeness (QED) is 0.943. The molecule has 0 saturated carbocycles. The van der Waals surface area contributed by atoms with Crippen LogP contribution in [0.5, 0.6) is 5.75 Å². The van der Waals surface area contributed by atoms with Gasteiger partial charge in [-0.05, 0) is 18.2 Å². The molecule has 1 amide bonds. The van der Waals surface area contributed by atoms with Crippen LogP contribution in [-0.4, -0.2) is 17.3 Å². The second-order valence-corrected chi connectivity index (χ2v) is 4.12. The van der Waals surface area contributed by atoms with Crippen LogP contribution in [0.15, 0.2) is 48.8 Å². The van der Waals surface area contributed by atoms with Crippen molar-refractivity contribution in [1.29, 1.82) is 0 Å². The second-order valence-electron chi connectivity index (χ2n) is 4.12. The maximum atomic E-state index is 12.3. The van der Waals surface area contributed by atoms with Crippen molar-refractivity contribution < 1.29 is 22.7 Å². The Kier molecular flexibility index (Phi) is 4.42. The number of ether oxygens (including phenoxy) is 1. The number of aromatic nitrogens is 1. The van der Waals surface area contributed by atoms with Gasteiger partial charge in [-0.1, -0.05) is 18.2 Å². The molecule has 1 aromatic carbocycles. The van der Waals surface area contributed by atoms with Crippen molar-refractivity contribution in [3.63, 3.8) is 0 Å².